The molecule has 2 N–H and O–H groups in total. The Balaban J connectivity index is 1.62. The van der Waals surface area contributed by atoms with Crippen LogP contribution in [0.25, 0.3) is 0 Å². The highest BCUT2D eigenvalue weighted by Gasteiger charge is 2.17. The van der Waals surface area contributed by atoms with E-state index >= 15 is 0 Å². The van der Waals surface area contributed by atoms with Gasteiger partial charge in [0.25, 0.3) is 5.91 Å². The molecule has 0 spiro atoms. The number of carbonyl (C=O) groups is 1. The monoisotopic (exact) mass is 423 g/mol. The molecule has 1 heterocycles. The maximum Gasteiger partial charge on any atom is 0.274 e. The van der Waals surface area contributed by atoms with Crippen LogP contribution in [0.15, 0.2) is 75.4 Å². The molecule has 1 amide bonds. The van der Waals surface area contributed by atoms with Crippen molar-refractivity contribution in [1.82, 2.24) is 5.48 Å². The Kier molecular flexibility index (Phi) is 5.85. The van der Waals surface area contributed by atoms with Gasteiger partial charge in [-0.25, -0.2) is 5.48 Å². The molecule has 0 aliphatic carbocycles. The van der Waals surface area contributed by atoms with Crippen LogP contribution >= 0.6 is 23.4 Å². The zero-order valence-electron chi connectivity index (χ0n) is 15.6. The smallest absolute Gasteiger partial charge is 0.274 e. The maximum absolute atomic E-state index is 12.0. The molecule has 0 radical (unpaired) electrons. The lowest BCUT2D eigenvalue weighted by molar-refractivity contribution is 0.0537. The third kappa shape index (κ3) is 4.29. The van der Waals surface area contributed by atoms with Gasteiger partial charge in [-0.15, -0.1) is 0 Å². The fourth-order valence-electron chi connectivity index (χ4n) is 2.99. The first kappa shape index (κ1) is 19.5. The summed E-state index contributed by atoms with van der Waals surface area (Å²) in [6.07, 6.45) is 1.83. The van der Waals surface area contributed by atoms with E-state index in [9.17, 15) is 4.79 Å². The molecule has 0 saturated heterocycles. The molecule has 3 aromatic carbocycles. The Morgan fingerprint density at radius 2 is 2.00 bits per heavy atom. The van der Waals surface area contributed by atoms with Crippen LogP contribution in [0, 0.1) is 0 Å². The van der Waals surface area contributed by atoms with E-state index in [-0.39, 0.29) is 5.91 Å². The van der Waals surface area contributed by atoms with Crippen molar-refractivity contribution in [1.29, 1.82) is 0 Å². The molecule has 29 heavy (non-hydrogen) atoms. The molecule has 0 fully saturated rings. The largest absolute Gasteiger partial charge is 0.380 e. The van der Waals surface area contributed by atoms with Gasteiger partial charge in [-0.05, 0) is 35.9 Å². The van der Waals surface area contributed by atoms with Gasteiger partial charge >= 0.3 is 0 Å². The lowest BCUT2D eigenvalue weighted by Gasteiger charge is -2.14. The maximum atomic E-state index is 12.0. The number of hydrogen-bond acceptors (Lipinski definition) is 5. The molecule has 1 aliphatic rings. The van der Waals surface area contributed by atoms with Crippen LogP contribution in [0.5, 0.6) is 0 Å². The van der Waals surface area contributed by atoms with Gasteiger partial charge in [0, 0.05) is 44.4 Å². The summed E-state index contributed by atoms with van der Waals surface area (Å²) in [6.45, 7) is 0.622. The van der Waals surface area contributed by atoms with Gasteiger partial charge < -0.3 is 5.32 Å². The Labute approximate surface area is 178 Å². The second-order valence-corrected chi connectivity index (χ2v) is 7.81. The highest BCUT2D eigenvalue weighted by Crippen LogP contribution is 2.43. The number of nitrogens with one attached hydrogen (secondary N) is 2. The molecule has 7 heteroatoms. The number of nitrogens with zero attached hydrogens (tertiary/aromatic N) is 1. The first-order valence-corrected chi connectivity index (χ1v) is 10.1. The minimum absolute atomic E-state index is 0.306. The molecule has 0 atom stereocenters. The third-order valence-corrected chi connectivity index (χ3v) is 6.04. The van der Waals surface area contributed by atoms with Gasteiger partial charge in [-0.2, -0.15) is 0 Å². The van der Waals surface area contributed by atoms with E-state index in [1.807, 2.05) is 54.7 Å². The minimum atomic E-state index is -0.306. The van der Waals surface area contributed by atoms with E-state index < -0.39 is 0 Å². The molecule has 0 aromatic heterocycles. The number of fused-ring (bicyclic) bond motifs is 2. The van der Waals surface area contributed by atoms with Crippen LogP contribution in [-0.4, -0.2) is 19.2 Å². The number of hydrogen-bond donors (Lipinski definition) is 2. The van der Waals surface area contributed by atoms with E-state index in [1.165, 1.54) is 7.11 Å². The van der Waals surface area contributed by atoms with Crippen LogP contribution in [0.4, 0.5) is 11.4 Å². The summed E-state index contributed by atoms with van der Waals surface area (Å²) in [5.74, 6) is -0.306. The number of carbonyl (C=O) groups excluding carboxylic acids is 1. The summed E-state index contributed by atoms with van der Waals surface area (Å²) in [4.78, 5) is 23.4. The Morgan fingerprint density at radius 3 is 2.83 bits per heavy atom. The SMILES string of the molecule is CONC(=O)c1ccc2c(c1)N=Cc1cccc(NCc3ccccc3Cl)c1S2. The second-order valence-electron chi connectivity index (χ2n) is 6.35. The Hall–Kier alpha value is -2.80. The van der Waals surface area contributed by atoms with Crippen LogP contribution in [0.1, 0.15) is 21.5 Å². The third-order valence-electron chi connectivity index (χ3n) is 4.44. The number of anilines is 1. The molecule has 0 bridgehead atoms. The molecular formula is C22H18ClN3O2S. The van der Waals surface area contributed by atoms with Crippen LogP contribution in [0.2, 0.25) is 5.02 Å². The van der Waals surface area contributed by atoms with Crippen molar-refractivity contribution < 1.29 is 9.63 Å². The molecule has 4 rings (SSSR count). The fraction of sp³-hybridized carbons (Fsp3) is 0.0909. The molecule has 146 valence electrons. The normalized spacial score (nSPS) is 11.9. The molecule has 0 saturated carbocycles. The molecular weight excluding hydrogens is 406 g/mol. The quantitative estimate of drug-likeness (QED) is 0.418. The van der Waals surface area contributed by atoms with Crippen molar-refractivity contribution in [2.24, 2.45) is 4.99 Å². The molecule has 5 nitrogen and oxygen atoms in total. The number of aliphatic imine (C=N–C) groups is 1. The van der Waals surface area contributed by atoms with E-state index in [2.05, 4.69) is 15.8 Å². The predicted molar refractivity (Wildman–Crippen MR) is 118 cm³/mol. The summed E-state index contributed by atoms with van der Waals surface area (Å²) >= 11 is 7.90. The summed E-state index contributed by atoms with van der Waals surface area (Å²) < 4.78 is 0. The van der Waals surface area contributed by atoms with Crippen LogP contribution < -0.4 is 10.8 Å². The molecule has 3 aromatic rings. The van der Waals surface area contributed by atoms with E-state index in [0.29, 0.717) is 12.1 Å². The van der Waals surface area contributed by atoms with Gasteiger partial charge in [-0.3, -0.25) is 14.6 Å². The first-order valence-electron chi connectivity index (χ1n) is 8.95. The van der Waals surface area contributed by atoms with E-state index in [1.54, 1.807) is 23.9 Å². The number of amides is 1. The van der Waals surface area contributed by atoms with E-state index in [0.717, 1.165) is 37.3 Å². The standard InChI is InChI=1S/C22H18ClN3O2S/c1-28-26-22(27)14-9-10-20-19(11-14)25-13-16-6-4-8-18(21(16)29-20)24-12-15-5-2-3-7-17(15)23/h2-11,13,24H,12H2,1H3,(H,26,27). The van der Waals surface area contributed by atoms with Gasteiger partial charge in [0.1, 0.15) is 0 Å². The number of hydroxylamine groups is 1. The van der Waals surface area contributed by atoms with Crippen LogP contribution in [0.3, 0.4) is 0 Å². The lowest BCUT2D eigenvalue weighted by atomic mass is 10.2. The summed E-state index contributed by atoms with van der Waals surface area (Å²) in [7, 11) is 1.41. The summed E-state index contributed by atoms with van der Waals surface area (Å²) in [5, 5.41) is 4.23. The number of benzene rings is 3. The topological polar surface area (TPSA) is 62.7 Å². The average Bonchev–Trinajstić information content (AvgIpc) is 2.92. The molecule has 0 unspecified atom stereocenters. The van der Waals surface area contributed by atoms with Crippen molar-refractivity contribution in [2.75, 3.05) is 12.4 Å². The predicted octanol–water partition coefficient (Wildman–Crippen LogP) is 5.46. The van der Waals surface area contributed by atoms with Crippen molar-refractivity contribution in [2.45, 2.75) is 16.3 Å². The number of rotatable bonds is 5. The average molecular weight is 424 g/mol. The highest BCUT2D eigenvalue weighted by atomic mass is 35.5. The van der Waals surface area contributed by atoms with Crippen molar-refractivity contribution in [3.05, 3.63) is 82.4 Å². The zero-order valence-corrected chi connectivity index (χ0v) is 17.2. The van der Waals surface area contributed by atoms with Crippen molar-refractivity contribution >= 4 is 46.9 Å². The second kappa shape index (κ2) is 8.69. The Bertz CT molecular complexity index is 1100. The van der Waals surface area contributed by atoms with Gasteiger partial charge in [0.05, 0.1) is 12.8 Å². The van der Waals surface area contributed by atoms with Crippen LogP contribution in [-0.2, 0) is 11.4 Å². The van der Waals surface area contributed by atoms with Crippen molar-refractivity contribution in [3.8, 4) is 0 Å². The lowest BCUT2D eigenvalue weighted by Crippen LogP contribution is -2.21. The van der Waals surface area contributed by atoms with Gasteiger partial charge in [0.2, 0.25) is 0 Å². The Morgan fingerprint density at radius 1 is 1.14 bits per heavy atom. The number of halogens is 1. The van der Waals surface area contributed by atoms with E-state index in [4.69, 9.17) is 16.4 Å². The first-order chi connectivity index (χ1) is 14.2. The minimum Gasteiger partial charge on any atom is -0.380 e. The fourth-order valence-corrected chi connectivity index (χ4v) is 4.25. The summed E-state index contributed by atoms with van der Waals surface area (Å²) in [5.41, 5.74) is 6.62. The summed E-state index contributed by atoms with van der Waals surface area (Å²) in [6, 6.07) is 19.3. The highest BCUT2D eigenvalue weighted by molar-refractivity contribution is 7.99. The van der Waals surface area contributed by atoms with Gasteiger partial charge in [-0.1, -0.05) is 53.7 Å². The zero-order chi connectivity index (χ0) is 20.2. The molecule has 1 aliphatic heterocycles. The van der Waals surface area contributed by atoms with Gasteiger partial charge in [0.15, 0.2) is 0 Å². The van der Waals surface area contributed by atoms with Crippen molar-refractivity contribution in [3.63, 3.8) is 0 Å².